The number of fused-ring (bicyclic) bond motifs is 6. The molecule has 0 aliphatic carbocycles. The van der Waals surface area contributed by atoms with E-state index in [-0.39, 0.29) is 0 Å². The molecule has 56 heavy (non-hydrogen) atoms. The van der Waals surface area contributed by atoms with Crippen LogP contribution in [-0.2, 0) is 0 Å². The molecule has 11 aromatic rings. The van der Waals surface area contributed by atoms with Crippen molar-refractivity contribution < 1.29 is 0 Å². The number of nitrogens with zero attached hydrogens (tertiary/aromatic N) is 3. The molecule has 0 saturated carbocycles. The highest BCUT2D eigenvalue weighted by Gasteiger charge is 2.17. The SMILES string of the molecule is c1ccc(-c2cc(-c3ccccc3-c3cccnc3)nc(-c3cc(-c4ccc5sc6ccccc6c5c4)cc(-c4ccc5sc6ccccc6c5c4)c3)n2)cc1. The summed E-state index contributed by atoms with van der Waals surface area (Å²) in [6.45, 7) is 0. The maximum atomic E-state index is 5.39. The first-order valence-electron chi connectivity index (χ1n) is 18.6. The van der Waals surface area contributed by atoms with E-state index in [1.165, 1.54) is 40.3 Å². The first-order chi connectivity index (χ1) is 27.7. The van der Waals surface area contributed by atoms with Gasteiger partial charge < -0.3 is 0 Å². The highest BCUT2D eigenvalue weighted by molar-refractivity contribution is 7.26. The molecule has 0 atom stereocenters. The van der Waals surface area contributed by atoms with Crippen molar-refractivity contribution in [1.29, 1.82) is 0 Å². The van der Waals surface area contributed by atoms with Crippen molar-refractivity contribution in [2.45, 2.75) is 0 Å². The first-order valence-corrected chi connectivity index (χ1v) is 20.3. The smallest absolute Gasteiger partial charge is 0.160 e. The molecule has 0 fully saturated rings. The summed E-state index contributed by atoms with van der Waals surface area (Å²) in [5.74, 6) is 0.676. The summed E-state index contributed by atoms with van der Waals surface area (Å²) in [5.41, 5.74) is 11.4. The van der Waals surface area contributed by atoms with Crippen LogP contribution in [0.1, 0.15) is 0 Å². The minimum atomic E-state index is 0.676. The number of rotatable bonds is 6. The fraction of sp³-hybridized carbons (Fsp3) is 0. The van der Waals surface area contributed by atoms with Crippen LogP contribution in [0.4, 0.5) is 0 Å². The molecule has 0 radical (unpaired) electrons. The van der Waals surface area contributed by atoms with Crippen LogP contribution in [0, 0.1) is 0 Å². The van der Waals surface area contributed by atoms with E-state index in [1.807, 2.05) is 47.2 Å². The Hall–Kier alpha value is -6.79. The monoisotopic (exact) mass is 749 g/mol. The Kier molecular flexibility index (Phi) is 7.87. The minimum Gasteiger partial charge on any atom is -0.264 e. The fourth-order valence-corrected chi connectivity index (χ4v) is 10.0. The number of aromatic nitrogens is 3. The highest BCUT2D eigenvalue weighted by Crippen LogP contribution is 2.41. The van der Waals surface area contributed by atoms with Crippen molar-refractivity contribution in [2.24, 2.45) is 0 Å². The van der Waals surface area contributed by atoms with E-state index in [9.17, 15) is 0 Å². The van der Waals surface area contributed by atoms with Crippen LogP contribution in [0.2, 0.25) is 0 Å². The van der Waals surface area contributed by atoms with Crippen LogP contribution in [-0.4, -0.2) is 15.0 Å². The quantitative estimate of drug-likeness (QED) is 0.170. The normalized spacial score (nSPS) is 11.6. The molecular formula is C51H31N3S2. The van der Waals surface area contributed by atoms with E-state index < -0.39 is 0 Å². The van der Waals surface area contributed by atoms with Gasteiger partial charge in [-0.15, -0.1) is 22.7 Å². The van der Waals surface area contributed by atoms with E-state index in [0.29, 0.717) is 5.82 Å². The summed E-state index contributed by atoms with van der Waals surface area (Å²) in [5, 5.41) is 5.13. The van der Waals surface area contributed by atoms with E-state index in [1.54, 1.807) is 0 Å². The van der Waals surface area contributed by atoms with Gasteiger partial charge in [-0.25, -0.2) is 9.97 Å². The molecule has 0 N–H and O–H groups in total. The van der Waals surface area contributed by atoms with E-state index in [2.05, 4.69) is 169 Å². The Morgan fingerprint density at radius 2 is 0.857 bits per heavy atom. The lowest BCUT2D eigenvalue weighted by Gasteiger charge is -2.15. The van der Waals surface area contributed by atoms with E-state index in [0.717, 1.165) is 61.5 Å². The third-order valence-corrected chi connectivity index (χ3v) is 12.9. The second-order valence-electron chi connectivity index (χ2n) is 14.0. The molecule has 0 spiro atoms. The van der Waals surface area contributed by atoms with Crippen molar-refractivity contribution in [3.63, 3.8) is 0 Å². The number of pyridine rings is 1. The molecule has 5 heteroatoms. The van der Waals surface area contributed by atoms with Crippen molar-refractivity contribution in [3.05, 3.63) is 188 Å². The average molecular weight is 750 g/mol. The van der Waals surface area contributed by atoms with Crippen LogP contribution in [0.15, 0.2) is 188 Å². The van der Waals surface area contributed by atoms with Crippen molar-refractivity contribution in [1.82, 2.24) is 15.0 Å². The van der Waals surface area contributed by atoms with Crippen LogP contribution in [0.3, 0.4) is 0 Å². The Labute approximate surface area is 331 Å². The predicted molar refractivity (Wildman–Crippen MR) is 238 cm³/mol. The molecule has 262 valence electrons. The number of hydrogen-bond acceptors (Lipinski definition) is 5. The van der Waals surface area contributed by atoms with Gasteiger partial charge in [0.25, 0.3) is 0 Å². The molecule has 0 amide bonds. The Morgan fingerprint density at radius 1 is 0.321 bits per heavy atom. The summed E-state index contributed by atoms with van der Waals surface area (Å²) in [6, 6.07) is 63.0. The lowest BCUT2D eigenvalue weighted by molar-refractivity contribution is 1.18. The second-order valence-corrected chi connectivity index (χ2v) is 16.2. The standard InChI is InChI=1S/C51H31N3S2/c1-2-11-32(12-3-1)45-30-46(40-15-5-4-14-39(40)35-13-10-24-52-31-35)54-51(53-45)38-26-36(33-20-22-49-43(28-33)41-16-6-8-18-47(41)55-49)25-37(27-38)34-21-23-50-44(29-34)42-17-7-9-19-48(42)56-50/h1-31H. The molecule has 0 aliphatic rings. The number of benzene rings is 7. The van der Waals surface area contributed by atoms with Crippen LogP contribution >= 0.6 is 22.7 Å². The van der Waals surface area contributed by atoms with Gasteiger partial charge in [0.05, 0.1) is 11.4 Å². The zero-order valence-corrected chi connectivity index (χ0v) is 31.7. The maximum Gasteiger partial charge on any atom is 0.160 e. The van der Waals surface area contributed by atoms with Crippen molar-refractivity contribution >= 4 is 63.0 Å². The average Bonchev–Trinajstić information content (AvgIpc) is 3.84. The molecule has 4 heterocycles. The molecule has 0 bridgehead atoms. The Morgan fingerprint density at radius 3 is 1.50 bits per heavy atom. The summed E-state index contributed by atoms with van der Waals surface area (Å²) in [4.78, 5) is 15.1. The predicted octanol–water partition coefficient (Wildman–Crippen LogP) is 14.6. The van der Waals surface area contributed by atoms with Gasteiger partial charge in [0.2, 0.25) is 0 Å². The Balaban J connectivity index is 1.15. The third kappa shape index (κ3) is 5.77. The summed E-state index contributed by atoms with van der Waals surface area (Å²) in [6.07, 6.45) is 3.72. The first kappa shape index (κ1) is 32.6. The molecule has 0 aliphatic heterocycles. The second kappa shape index (κ2) is 13.5. The molecule has 7 aromatic carbocycles. The number of hydrogen-bond donors (Lipinski definition) is 0. The van der Waals surface area contributed by atoms with Crippen molar-refractivity contribution in [2.75, 3.05) is 0 Å². The molecule has 0 saturated heterocycles. The summed E-state index contributed by atoms with van der Waals surface area (Å²) in [7, 11) is 0. The van der Waals surface area contributed by atoms with Gasteiger partial charge in [-0.1, -0.05) is 109 Å². The van der Waals surface area contributed by atoms with Crippen LogP contribution < -0.4 is 0 Å². The van der Waals surface area contributed by atoms with Gasteiger partial charge in [0.15, 0.2) is 5.82 Å². The molecule has 11 rings (SSSR count). The third-order valence-electron chi connectivity index (χ3n) is 10.6. The molecule has 4 aromatic heterocycles. The summed E-state index contributed by atoms with van der Waals surface area (Å²) < 4.78 is 5.18. The fourth-order valence-electron chi connectivity index (χ4n) is 7.85. The van der Waals surface area contributed by atoms with Crippen LogP contribution in [0.5, 0.6) is 0 Å². The van der Waals surface area contributed by atoms with Gasteiger partial charge in [0, 0.05) is 75.0 Å². The van der Waals surface area contributed by atoms with Gasteiger partial charge in [-0.05, 0) is 94.5 Å². The topological polar surface area (TPSA) is 38.7 Å². The van der Waals surface area contributed by atoms with Gasteiger partial charge in [0.1, 0.15) is 0 Å². The number of thiophene rings is 2. The lowest BCUT2D eigenvalue weighted by atomic mass is 9.94. The lowest BCUT2D eigenvalue weighted by Crippen LogP contribution is -1.98. The Bertz CT molecular complexity index is 3120. The molecule has 0 unspecified atom stereocenters. The van der Waals surface area contributed by atoms with Gasteiger partial charge in [-0.2, -0.15) is 0 Å². The largest absolute Gasteiger partial charge is 0.264 e. The van der Waals surface area contributed by atoms with E-state index >= 15 is 0 Å². The molecular weight excluding hydrogens is 719 g/mol. The minimum absolute atomic E-state index is 0.676. The highest BCUT2D eigenvalue weighted by atomic mass is 32.1. The maximum absolute atomic E-state index is 5.39. The summed E-state index contributed by atoms with van der Waals surface area (Å²) >= 11 is 3.69. The van der Waals surface area contributed by atoms with Gasteiger partial charge in [-0.3, -0.25) is 4.98 Å². The van der Waals surface area contributed by atoms with Gasteiger partial charge >= 0.3 is 0 Å². The zero-order valence-electron chi connectivity index (χ0n) is 30.1. The van der Waals surface area contributed by atoms with E-state index in [4.69, 9.17) is 9.97 Å². The van der Waals surface area contributed by atoms with Crippen LogP contribution in [0.25, 0.3) is 108 Å². The zero-order chi connectivity index (χ0) is 37.0. The van der Waals surface area contributed by atoms with Crippen molar-refractivity contribution in [3.8, 4) is 67.3 Å². The molecule has 3 nitrogen and oxygen atoms in total.